The van der Waals surface area contributed by atoms with Crippen LogP contribution >= 0.6 is 0 Å². The lowest BCUT2D eigenvalue weighted by atomic mass is 9.97. The molecule has 32 heavy (non-hydrogen) atoms. The summed E-state index contributed by atoms with van der Waals surface area (Å²) in [6.07, 6.45) is 6.50. The van der Waals surface area contributed by atoms with Gasteiger partial charge in [0.05, 0.1) is 12.3 Å². The van der Waals surface area contributed by atoms with Crippen molar-refractivity contribution in [3.63, 3.8) is 0 Å². The van der Waals surface area contributed by atoms with E-state index in [0.29, 0.717) is 6.61 Å². The molecule has 0 unspecified atom stereocenters. The van der Waals surface area contributed by atoms with Crippen molar-refractivity contribution in [2.45, 2.75) is 38.5 Å². The van der Waals surface area contributed by atoms with Gasteiger partial charge in [0.1, 0.15) is 12.4 Å². The second-order valence-electron chi connectivity index (χ2n) is 8.22. The first-order valence-corrected chi connectivity index (χ1v) is 10.9. The van der Waals surface area contributed by atoms with E-state index in [2.05, 4.69) is 59.4 Å². The number of benzene rings is 3. The van der Waals surface area contributed by atoms with E-state index < -0.39 is 11.9 Å². The Morgan fingerprint density at radius 2 is 1.69 bits per heavy atom. The molecule has 0 fully saturated rings. The highest BCUT2D eigenvalue weighted by Crippen LogP contribution is 2.23. The van der Waals surface area contributed by atoms with Gasteiger partial charge in [0.25, 0.3) is 0 Å². The molecule has 0 bridgehead atoms. The first-order valence-electron chi connectivity index (χ1n) is 10.9. The number of hydrogen-bond acceptors (Lipinski definition) is 3. The van der Waals surface area contributed by atoms with Gasteiger partial charge >= 0.3 is 5.97 Å². The van der Waals surface area contributed by atoms with Gasteiger partial charge in [-0.1, -0.05) is 66.6 Å². The maximum absolute atomic E-state index is 10.9. The van der Waals surface area contributed by atoms with Crippen molar-refractivity contribution in [3.8, 4) is 18.1 Å². The van der Waals surface area contributed by atoms with Gasteiger partial charge in [-0.3, -0.25) is 9.69 Å². The summed E-state index contributed by atoms with van der Waals surface area (Å²) >= 11 is 0. The largest absolute Gasteiger partial charge is 0.489 e. The van der Waals surface area contributed by atoms with Crippen molar-refractivity contribution >= 4 is 5.97 Å². The summed E-state index contributed by atoms with van der Waals surface area (Å²) in [6.45, 7) is 3.52. The molecule has 1 N–H and O–H groups in total. The number of fused-ring (bicyclic) bond motifs is 1. The van der Waals surface area contributed by atoms with Gasteiger partial charge in [-0.15, -0.1) is 6.42 Å². The standard InChI is InChI=1S/C28H27NO3/c1-2-23(17-28(30)31)25-11-13-27(14-12-25)32-20-22-9-7-21(8-10-22)18-29-16-15-24-5-3-4-6-26(24)19-29/h1,3-14,23H,15-20H2,(H,30,31)/t23-/m0/s1. The average molecular weight is 426 g/mol. The molecule has 0 aromatic heterocycles. The number of rotatable bonds is 8. The molecule has 0 saturated heterocycles. The van der Waals surface area contributed by atoms with Crippen LogP contribution < -0.4 is 4.74 Å². The van der Waals surface area contributed by atoms with Crippen LogP contribution in [0.2, 0.25) is 0 Å². The Morgan fingerprint density at radius 3 is 2.38 bits per heavy atom. The first-order chi connectivity index (χ1) is 15.6. The molecule has 0 radical (unpaired) electrons. The Bertz CT molecular complexity index is 1100. The van der Waals surface area contributed by atoms with E-state index in [1.165, 1.54) is 16.7 Å². The van der Waals surface area contributed by atoms with Crippen molar-refractivity contribution < 1.29 is 14.6 Å². The maximum Gasteiger partial charge on any atom is 0.304 e. The second kappa shape index (κ2) is 10.2. The zero-order valence-electron chi connectivity index (χ0n) is 18.0. The van der Waals surface area contributed by atoms with E-state index in [0.717, 1.165) is 42.9 Å². The van der Waals surface area contributed by atoms with Gasteiger partial charge in [0.15, 0.2) is 0 Å². The first kappa shape index (κ1) is 21.7. The maximum atomic E-state index is 10.9. The number of carbonyl (C=O) groups is 1. The number of ether oxygens (including phenoxy) is 1. The highest BCUT2D eigenvalue weighted by molar-refractivity contribution is 5.68. The quantitative estimate of drug-likeness (QED) is 0.515. The molecule has 4 nitrogen and oxygen atoms in total. The monoisotopic (exact) mass is 425 g/mol. The molecule has 0 saturated carbocycles. The summed E-state index contributed by atoms with van der Waals surface area (Å²) in [5.74, 6) is 1.94. The van der Waals surface area contributed by atoms with Gasteiger partial charge in [0, 0.05) is 19.6 Å². The molecule has 1 heterocycles. The third-order valence-corrected chi connectivity index (χ3v) is 5.91. The number of carboxylic acids is 1. The summed E-state index contributed by atoms with van der Waals surface area (Å²) in [6, 6.07) is 24.6. The lowest BCUT2D eigenvalue weighted by Crippen LogP contribution is -2.29. The molecule has 3 aromatic rings. The fraction of sp³-hybridized carbons (Fsp3) is 0.250. The Hall–Kier alpha value is -3.55. The SMILES string of the molecule is C#C[C@@H](CC(=O)O)c1ccc(OCc2ccc(CN3CCc4ccccc4C3)cc2)cc1. The smallest absolute Gasteiger partial charge is 0.304 e. The number of carboxylic acid groups (broad SMARTS) is 1. The molecule has 1 atom stereocenters. The Kier molecular flexibility index (Phi) is 6.89. The van der Waals surface area contributed by atoms with Crippen LogP contribution in [0.4, 0.5) is 0 Å². The van der Waals surface area contributed by atoms with E-state index in [1.54, 1.807) is 0 Å². The third kappa shape index (κ3) is 5.57. The molecule has 3 aromatic carbocycles. The molecular weight excluding hydrogens is 398 g/mol. The van der Waals surface area contributed by atoms with Crippen LogP contribution in [-0.4, -0.2) is 22.5 Å². The van der Waals surface area contributed by atoms with Gasteiger partial charge in [-0.2, -0.15) is 0 Å². The van der Waals surface area contributed by atoms with Gasteiger partial charge in [-0.25, -0.2) is 0 Å². The molecule has 4 heteroatoms. The fourth-order valence-corrected chi connectivity index (χ4v) is 4.10. The molecule has 0 aliphatic carbocycles. The van der Waals surface area contributed by atoms with E-state index in [1.807, 2.05) is 24.3 Å². The lowest BCUT2D eigenvalue weighted by Gasteiger charge is -2.28. The molecule has 0 amide bonds. The second-order valence-corrected chi connectivity index (χ2v) is 8.22. The van der Waals surface area contributed by atoms with Crippen LogP contribution in [-0.2, 0) is 30.9 Å². The molecule has 1 aliphatic rings. The molecule has 0 spiro atoms. The minimum absolute atomic E-state index is 0.0764. The minimum Gasteiger partial charge on any atom is -0.489 e. The normalized spacial score (nSPS) is 14.2. The number of nitrogens with zero attached hydrogens (tertiary/aromatic N) is 1. The van der Waals surface area contributed by atoms with Crippen molar-refractivity contribution in [1.29, 1.82) is 0 Å². The van der Waals surface area contributed by atoms with E-state index >= 15 is 0 Å². The van der Waals surface area contributed by atoms with Crippen LogP contribution in [0.5, 0.6) is 5.75 Å². The van der Waals surface area contributed by atoms with Gasteiger partial charge < -0.3 is 9.84 Å². The molecule has 4 rings (SSSR count). The van der Waals surface area contributed by atoms with Gasteiger partial charge in [0.2, 0.25) is 0 Å². The Labute approximate surface area is 189 Å². The Morgan fingerprint density at radius 1 is 1.00 bits per heavy atom. The summed E-state index contributed by atoms with van der Waals surface area (Å²) in [5, 5.41) is 8.97. The highest BCUT2D eigenvalue weighted by Gasteiger charge is 2.16. The summed E-state index contributed by atoms with van der Waals surface area (Å²) in [4.78, 5) is 13.4. The van der Waals surface area contributed by atoms with Crippen LogP contribution in [0.3, 0.4) is 0 Å². The Balaban J connectivity index is 1.29. The molecule has 162 valence electrons. The van der Waals surface area contributed by atoms with Gasteiger partial charge in [-0.05, 0) is 46.4 Å². The van der Waals surface area contributed by atoms with Crippen LogP contribution in [0, 0.1) is 12.3 Å². The van der Waals surface area contributed by atoms with E-state index in [-0.39, 0.29) is 6.42 Å². The number of hydrogen-bond donors (Lipinski definition) is 1. The predicted octanol–water partition coefficient (Wildman–Crippen LogP) is 5.02. The van der Waals surface area contributed by atoms with E-state index in [9.17, 15) is 4.79 Å². The number of aliphatic carboxylic acids is 1. The summed E-state index contributed by atoms with van der Waals surface area (Å²) in [5.41, 5.74) is 6.13. The topological polar surface area (TPSA) is 49.8 Å². The fourth-order valence-electron chi connectivity index (χ4n) is 4.10. The van der Waals surface area contributed by atoms with Crippen LogP contribution in [0.1, 0.15) is 40.2 Å². The summed E-state index contributed by atoms with van der Waals surface area (Å²) in [7, 11) is 0. The average Bonchev–Trinajstić information content (AvgIpc) is 2.82. The number of terminal acetylenes is 1. The zero-order chi connectivity index (χ0) is 22.3. The summed E-state index contributed by atoms with van der Waals surface area (Å²) < 4.78 is 5.89. The molecule has 1 aliphatic heterocycles. The van der Waals surface area contributed by atoms with Crippen molar-refractivity contribution in [2.75, 3.05) is 6.54 Å². The van der Waals surface area contributed by atoms with Crippen molar-refractivity contribution in [1.82, 2.24) is 4.90 Å². The lowest BCUT2D eigenvalue weighted by molar-refractivity contribution is -0.137. The van der Waals surface area contributed by atoms with Crippen molar-refractivity contribution in [2.24, 2.45) is 0 Å². The zero-order valence-corrected chi connectivity index (χ0v) is 18.0. The molecular formula is C28H27NO3. The van der Waals surface area contributed by atoms with Crippen molar-refractivity contribution in [3.05, 3.63) is 101 Å². The van der Waals surface area contributed by atoms with E-state index in [4.69, 9.17) is 16.3 Å². The van der Waals surface area contributed by atoms with Crippen LogP contribution in [0.25, 0.3) is 0 Å². The predicted molar refractivity (Wildman–Crippen MR) is 125 cm³/mol. The third-order valence-electron chi connectivity index (χ3n) is 5.91. The van der Waals surface area contributed by atoms with Crippen LogP contribution in [0.15, 0.2) is 72.8 Å². The minimum atomic E-state index is -0.901. The highest BCUT2D eigenvalue weighted by atomic mass is 16.5.